The Morgan fingerprint density at radius 3 is 2.57 bits per heavy atom. The smallest absolute Gasteiger partial charge is 0.248 e. The maximum Gasteiger partial charge on any atom is 0.248 e. The molecule has 2 rings (SSSR count). The van der Waals surface area contributed by atoms with Crippen molar-refractivity contribution in [1.82, 2.24) is 5.32 Å². The molecule has 1 aliphatic rings. The summed E-state index contributed by atoms with van der Waals surface area (Å²) in [5, 5.41) is 3.32. The van der Waals surface area contributed by atoms with Crippen molar-refractivity contribution in [3.05, 3.63) is 35.1 Å². The molecule has 0 aromatic heterocycles. The number of halogens is 1. The van der Waals surface area contributed by atoms with Crippen LogP contribution in [-0.4, -0.2) is 12.5 Å². The fourth-order valence-corrected chi connectivity index (χ4v) is 3.12. The number of carbonyl (C=O) groups excluding carboxylic acids is 1. The predicted molar refractivity (Wildman–Crippen MR) is 82.4 cm³/mol. The number of primary amides is 1. The van der Waals surface area contributed by atoms with E-state index in [-0.39, 0.29) is 5.82 Å². The molecule has 0 heterocycles. The van der Waals surface area contributed by atoms with Gasteiger partial charge in [0.25, 0.3) is 0 Å². The molecule has 1 aromatic carbocycles. The molecule has 4 heteroatoms. The van der Waals surface area contributed by atoms with E-state index in [0.717, 1.165) is 12.5 Å². The molecule has 1 fully saturated rings. The highest BCUT2D eigenvalue weighted by Crippen LogP contribution is 2.30. The number of rotatable bonds is 6. The molecular formula is C17H25FN2O. The normalized spacial score (nSPS) is 22.2. The van der Waals surface area contributed by atoms with E-state index in [1.165, 1.54) is 44.2 Å². The van der Waals surface area contributed by atoms with Crippen LogP contribution in [0.2, 0.25) is 0 Å². The van der Waals surface area contributed by atoms with Crippen LogP contribution in [0.4, 0.5) is 4.39 Å². The Morgan fingerprint density at radius 1 is 1.29 bits per heavy atom. The van der Waals surface area contributed by atoms with E-state index in [9.17, 15) is 9.18 Å². The molecule has 0 atom stereocenters. The predicted octanol–water partition coefficient (Wildman–Crippen LogP) is 3.23. The molecule has 116 valence electrons. The molecule has 1 aliphatic carbocycles. The van der Waals surface area contributed by atoms with Crippen molar-refractivity contribution in [3.63, 3.8) is 0 Å². The third-order valence-corrected chi connectivity index (χ3v) is 4.62. The first kappa shape index (κ1) is 16.0. The SMILES string of the molecule is CCC1CCC(CNCc2cc(C(N)=O)ccc2F)CC1. The van der Waals surface area contributed by atoms with E-state index in [1.807, 2.05) is 0 Å². The summed E-state index contributed by atoms with van der Waals surface area (Å²) in [6.07, 6.45) is 6.43. The highest BCUT2D eigenvalue weighted by molar-refractivity contribution is 5.92. The average Bonchev–Trinajstić information content (AvgIpc) is 2.49. The quantitative estimate of drug-likeness (QED) is 0.845. The van der Waals surface area contributed by atoms with Crippen LogP contribution in [0.3, 0.4) is 0 Å². The molecule has 0 bridgehead atoms. The summed E-state index contributed by atoms with van der Waals surface area (Å²) in [5.41, 5.74) is 6.09. The molecule has 0 saturated heterocycles. The van der Waals surface area contributed by atoms with Gasteiger partial charge in [-0.1, -0.05) is 26.2 Å². The Hall–Kier alpha value is -1.42. The van der Waals surface area contributed by atoms with Crippen molar-refractivity contribution in [3.8, 4) is 0 Å². The lowest BCUT2D eigenvalue weighted by Crippen LogP contribution is -2.26. The van der Waals surface area contributed by atoms with Gasteiger partial charge in [0.1, 0.15) is 5.82 Å². The van der Waals surface area contributed by atoms with Crippen molar-refractivity contribution in [1.29, 1.82) is 0 Å². The van der Waals surface area contributed by atoms with Gasteiger partial charge in [0.05, 0.1) is 0 Å². The number of nitrogens with one attached hydrogen (secondary N) is 1. The number of benzene rings is 1. The van der Waals surface area contributed by atoms with Gasteiger partial charge in [0, 0.05) is 17.7 Å². The highest BCUT2D eigenvalue weighted by Gasteiger charge is 2.19. The number of hydrogen-bond donors (Lipinski definition) is 2. The molecular weight excluding hydrogens is 267 g/mol. The van der Waals surface area contributed by atoms with Gasteiger partial charge in [0.15, 0.2) is 0 Å². The Bertz CT molecular complexity index is 482. The van der Waals surface area contributed by atoms with Gasteiger partial charge in [-0.05, 0) is 49.4 Å². The summed E-state index contributed by atoms with van der Waals surface area (Å²) in [7, 11) is 0. The second kappa shape index (κ2) is 7.55. The van der Waals surface area contributed by atoms with Gasteiger partial charge in [-0.15, -0.1) is 0 Å². The van der Waals surface area contributed by atoms with Crippen molar-refractivity contribution in [2.75, 3.05) is 6.54 Å². The lowest BCUT2D eigenvalue weighted by molar-refractivity contribution is 0.1000. The van der Waals surface area contributed by atoms with Crippen LogP contribution >= 0.6 is 0 Å². The maximum atomic E-state index is 13.7. The topological polar surface area (TPSA) is 55.1 Å². The molecule has 1 aromatic rings. The first-order valence-corrected chi connectivity index (χ1v) is 7.89. The molecule has 21 heavy (non-hydrogen) atoms. The van der Waals surface area contributed by atoms with Crippen molar-refractivity contribution in [2.24, 2.45) is 17.6 Å². The fraction of sp³-hybridized carbons (Fsp3) is 0.588. The van der Waals surface area contributed by atoms with Crippen LogP contribution in [0, 0.1) is 17.7 Å². The number of nitrogens with two attached hydrogens (primary N) is 1. The Balaban J connectivity index is 1.81. The number of carbonyl (C=O) groups is 1. The Labute approximate surface area is 126 Å². The molecule has 1 amide bonds. The summed E-state index contributed by atoms with van der Waals surface area (Å²) in [4.78, 5) is 11.1. The molecule has 0 spiro atoms. The maximum absolute atomic E-state index is 13.7. The standard InChI is InChI=1S/C17H25FN2O/c1-2-12-3-5-13(6-4-12)10-20-11-15-9-14(17(19)21)7-8-16(15)18/h7-9,12-13,20H,2-6,10-11H2,1H3,(H2,19,21). The monoisotopic (exact) mass is 292 g/mol. The zero-order valence-corrected chi connectivity index (χ0v) is 12.7. The molecule has 0 aliphatic heterocycles. The molecule has 3 N–H and O–H groups in total. The van der Waals surface area contributed by atoms with Crippen molar-refractivity contribution in [2.45, 2.75) is 45.6 Å². The minimum atomic E-state index is -0.519. The zero-order valence-electron chi connectivity index (χ0n) is 12.7. The van der Waals surface area contributed by atoms with E-state index in [1.54, 1.807) is 6.07 Å². The van der Waals surface area contributed by atoms with Crippen molar-refractivity contribution < 1.29 is 9.18 Å². The van der Waals surface area contributed by atoms with Crippen LogP contribution in [0.5, 0.6) is 0 Å². The third-order valence-electron chi connectivity index (χ3n) is 4.62. The van der Waals surface area contributed by atoms with Crippen LogP contribution in [0.1, 0.15) is 54.9 Å². The molecule has 1 saturated carbocycles. The summed E-state index contributed by atoms with van der Waals surface area (Å²) in [6, 6.07) is 4.27. The number of hydrogen-bond acceptors (Lipinski definition) is 2. The number of amides is 1. The fourth-order valence-electron chi connectivity index (χ4n) is 3.12. The highest BCUT2D eigenvalue weighted by atomic mass is 19.1. The minimum Gasteiger partial charge on any atom is -0.366 e. The van der Waals surface area contributed by atoms with Gasteiger partial charge >= 0.3 is 0 Å². The van der Waals surface area contributed by atoms with Gasteiger partial charge in [0.2, 0.25) is 5.91 Å². The van der Waals surface area contributed by atoms with E-state index in [4.69, 9.17) is 5.73 Å². The molecule has 0 unspecified atom stereocenters. The first-order valence-electron chi connectivity index (χ1n) is 7.89. The van der Waals surface area contributed by atoms with E-state index >= 15 is 0 Å². The van der Waals surface area contributed by atoms with Crippen LogP contribution in [0.15, 0.2) is 18.2 Å². The zero-order chi connectivity index (χ0) is 15.2. The summed E-state index contributed by atoms with van der Waals surface area (Å²) < 4.78 is 13.7. The molecule has 3 nitrogen and oxygen atoms in total. The minimum absolute atomic E-state index is 0.290. The Kier molecular flexibility index (Phi) is 5.74. The average molecular weight is 292 g/mol. The van der Waals surface area contributed by atoms with E-state index < -0.39 is 5.91 Å². The lowest BCUT2D eigenvalue weighted by Gasteiger charge is -2.28. The van der Waals surface area contributed by atoms with Crippen molar-refractivity contribution >= 4 is 5.91 Å². The van der Waals surface area contributed by atoms with Crippen LogP contribution in [0.25, 0.3) is 0 Å². The first-order chi connectivity index (χ1) is 10.1. The van der Waals surface area contributed by atoms with Gasteiger partial charge in [-0.3, -0.25) is 4.79 Å². The largest absolute Gasteiger partial charge is 0.366 e. The second-order valence-corrected chi connectivity index (χ2v) is 6.10. The lowest BCUT2D eigenvalue weighted by atomic mass is 9.81. The Morgan fingerprint density at radius 2 is 1.95 bits per heavy atom. The second-order valence-electron chi connectivity index (χ2n) is 6.10. The van der Waals surface area contributed by atoms with E-state index in [2.05, 4.69) is 12.2 Å². The summed E-state index contributed by atoms with van der Waals surface area (Å²) in [5.74, 6) is 0.775. The summed E-state index contributed by atoms with van der Waals surface area (Å²) in [6.45, 7) is 3.62. The molecule has 0 radical (unpaired) electrons. The summed E-state index contributed by atoms with van der Waals surface area (Å²) >= 11 is 0. The van der Waals surface area contributed by atoms with Crippen LogP contribution < -0.4 is 11.1 Å². The van der Waals surface area contributed by atoms with E-state index in [0.29, 0.717) is 23.6 Å². The van der Waals surface area contributed by atoms with Gasteiger partial charge in [-0.2, -0.15) is 0 Å². The van der Waals surface area contributed by atoms with Gasteiger partial charge in [-0.25, -0.2) is 4.39 Å². The third kappa shape index (κ3) is 4.53. The van der Waals surface area contributed by atoms with Crippen LogP contribution in [-0.2, 0) is 6.54 Å². The van der Waals surface area contributed by atoms with Gasteiger partial charge < -0.3 is 11.1 Å².